The molecule has 0 aromatic carbocycles. The average molecular weight is 229 g/mol. The van der Waals surface area contributed by atoms with Crippen molar-refractivity contribution in [3.8, 4) is 0 Å². The van der Waals surface area contributed by atoms with E-state index in [4.69, 9.17) is 4.74 Å². The Labute approximate surface area is 99.9 Å². The van der Waals surface area contributed by atoms with Crippen LogP contribution in [0.4, 0.5) is 0 Å². The van der Waals surface area contributed by atoms with E-state index in [0.717, 1.165) is 32.1 Å². The lowest BCUT2D eigenvalue weighted by molar-refractivity contribution is 0.128. The predicted molar refractivity (Wildman–Crippen MR) is 69.9 cm³/mol. The first-order valence-electron chi connectivity index (χ1n) is 6.11. The maximum Gasteiger partial charge on any atom is 0.191 e. The molecule has 0 atom stereocenters. The summed E-state index contributed by atoms with van der Waals surface area (Å²) in [6, 6.07) is 0.396. The number of nitrogens with one attached hydrogen (secondary N) is 2. The second-order valence-corrected chi connectivity index (χ2v) is 4.59. The molecule has 0 fully saturated rings. The Morgan fingerprint density at radius 2 is 1.88 bits per heavy atom. The van der Waals surface area contributed by atoms with Crippen molar-refractivity contribution < 1.29 is 4.74 Å². The average Bonchev–Trinajstić information content (AvgIpc) is 2.20. The second kappa shape index (κ2) is 9.46. The lowest BCUT2D eigenvalue weighted by Crippen LogP contribution is -2.42. The summed E-state index contributed by atoms with van der Waals surface area (Å²) in [5.41, 5.74) is 0. The summed E-state index contributed by atoms with van der Waals surface area (Å²) in [5, 5.41) is 6.42. The molecule has 0 aliphatic carbocycles. The maximum atomic E-state index is 5.50. The lowest BCUT2D eigenvalue weighted by atomic mass is 10.1. The van der Waals surface area contributed by atoms with Crippen molar-refractivity contribution in [1.29, 1.82) is 0 Å². The number of ether oxygens (including phenoxy) is 1. The zero-order valence-corrected chi connectivity index (χ0v) is 11.3. The molecule has 0 aromatic rings. The van der Waals surface area contributed by atoms with Gasteiger partial charge < -0.3 is 15.4 Å². The van der Waals surface area contributed by atoms with E-state index >= 15 is 0 Å². The summed E-state index contributed by atoms with van der Waals surface area (Å²) in [4.78, 5) is 4.11. The van der Waals surface area contributed by atoms with Gasteiger partial charge >= 0.3 is 0 Å². The maximum absolute atomic E-state index is 5.50. The number of aliphatic imine (C=N–C) groups is 1. The quantitative estimate of drug-likeness (QED) is 0.396. The number of hydrogen-bond acceptors (Lipinski definition) is 2. The minimum absolute atomic E-state index is 0.396. The summed E-state index contributed by atoms with van der Waals surface area (Å²) in [7, 11) is 1.78. The molecule has 0 aliphatic heterocycles. The number of guanidine groups is 1. The highest BCUT2D eigenvalue weighted by Crippen LogP contribution is 1.98. The Kier molecular flexibility index (Phi) is 9.00. The highest BCUT2D eigenvalue weighted by molar-refractivity contribution is 5.79. The van der Waals surface area contributed by atoms with Crippen molar-refractivity contribution in [2.45, 2.75) is 40.2 Å². The third kappa shape index (κ3) is 9.77. The fraction of sp³-hybridized carbons (Fsp3) is 0.917. The van der Waals surface area contributed by atoms with E-state index < -0.39 is 0 Å². The third-order valence-corrected chi connectivity index (χ3v) is 2.03. The molecule has 0 heterocycles. The lowest BCUT2D eigenvalue weighted by Gasteiger charge is -2.14. The molecule has 4 nitrogen and oxygen atoms in total. The van der Waals surface area contributed by atoms with Gasteiger partial charge in [-0.1, -0.05) is 13.8 Å². The van der Waals surface area contributed by atoms with E-state index in [-0.39, 0.29) is 0 Å². The largest absolute Gasteiger partial charge is 0.380 e. The van der Waals surface area contributed by atoms with Crippen LogP contribution in [0, 0.1) is 5.92 Å². The van der Waals surface area contributed by atoms with E-state index in [9.17, 15) is 0 Å². The molecular weight excluding hydrogens is 202 g/mol. The Hall–Kier alpha value is -0.770. The van der Waals surface area contributed by atoms with Crippen LogP contribution >= 0.6 is 0 Å². The Morgan fingerprint density at radius 1 is 1.19 bits per heavy atom. The van der Waals surface area contributed by atoms with Gasteiger partial charge in [-0.2, -0.15) is 0 Å². The van der Waals surface area contributed by atoms with Crippen LogP contribution in [0.3, 0.4) is 0 Å². The molecule has 2 N–H and O–H groups in total. The Bertz CT molecular complexity index is 191. The first-order chi connectivity index (χ1) is 7.56. The molecule has 96 valence electrons. The second-order valence-electron chi connectivity index (χ2n) is 4.59. The molecule has 0 unspecified atom stereocenters. The smallest absolute Gasteiger partial charge is 0.191 e. The third-order valence-electron chi connectivity index (χ3n) is 2.03. The zero-order valence-electron chi connectivity index (χ0n) is 11.3. The fourth-order valence-electron chi connectivity index (χ4n) is 1.13. The summed E-state index contributed by atoms with van der Waals surface area (Å²) in [6.07, 6.45) is 1.12. The first-order valence-corrected chi connectivity index (χ1v) is 6.11. The molecule has 0 amide bonds. The molecule has 0 rings (SSSR count). The van der Waals surface area contributed by atoms with Crippen LogP contribution in [0.15, 0.2) is 4.99 Å². The van der Waals surface area contributed by atoms with Crippen LogP contribution in [0.5, 0.6) is 0 Å². The number of rotatable bonds is 7. The molecule has 0 aromatic heterocycles. The SMILES string of the molecule is CN=C(NCCOCCC(C)C)NC(C)C. The van der Waals surface area contributed by atoms with Gasteiger partial charge in [-0.3, -0.25) is 4.99 Å². The standard InChI is InChI=1S/C12H27N3O/c1-10(2)6-8-16-9-7-14-12(13-5)15-11(3)4/h10-11H,6-9H2,1-5H3,(H2,13,14,15). The summed E-state index contributed by atoms with van der Waals surface area (Å²) < 4.78 is 5.50. The molecule has 16 heavy (non-hydrogen) atoms. The van der Waals surface area contributed by atoms with Gasteiger partial charge in [0.1, 0.15) is 0 Å². The molecule has 0 saturated carbocycles. The Morgan fingerprint density at radius 3 is 2.38 bits per heavy atom. The topological polar surface area (TPSA) is 45.7 Å². The van der Waals surface area contributed by atoms with Gasteiger partial charge in [0.2, 0.25) is 0 Å². The zero-order chi connectivity index (χ0) is 12.4. The van der Waals surface area contributed by atoms with Crippen molar-refractivity contribution in [2.24, 2.45) is 10.9 Å². The van der Waals surface area contributed by atoms with Crippen LogP contribution in [-0.4, -0.2) is 38.8 Å². The van der Waals surface area contributed by atoms with Crippen LogP contribution in [-0.2, 0) is 4.74 Å². The Balaban J connectivity index is 3.42. The molecule has 0 aliphatic rings. The molecule has 0 bridgehead atoms. The van der Waals surface area contributed by atoms with Crippen LogP contribution in [0.1, 0.15) is 34.1 Å². The van der Waals surface area contributed by atoms with Crippen molar-refractivity contribution >= 4 is 5.96 Å². The van der Waals surface area contributed by atoms with E-state index in [2.05, 4.69) is 43.3 Å². The molecule has 0 spiro atoms. The van der Waals surface area contributed by atoms with Crippen molar-refractivity contribution in [1.82, 2.24) is 10.6 Å². The van der Waals surface area contributed by atoms with E-state index in [1.54, 1.807) is 7.05 Å². The van der Waals surface area contributed by atoms with E-state index in [0.29, 0.717) is 12.0 Å². The van der Waals surface area contributed by atoms with Crippen molar-refractivity contribution in [3.05, 3.63) is 0 Å². The minimum atomic E-state index is 0.396. The van der Waals surface area contributed by atoms with E-state index in [1.807, 2.05) is 0 Å². The monoisotopic (exact) mass is 229 g/mol. The minimum Gasteiger partial charge on any atom is -0.380 e. The van der Waals surface area contributed by atoms with Gasteiger partial charge in [0.25, 0.3) is 0 Å². The number of nitrogens with zero attached hydrogens (tertiary/aromatic N) is 1. The van der Waals surface area contributed by atoms with E-state index in [1.165, 1.54) is 0 Å². The van der Waals surface area contributed by atoms with Crippen LogP contribution in [0.2, 0.25) is 0 Å². The summed E-state index contributed by atoms with van der Waals surface area (Å²) >= 11 is 0. The van der Waals surface area contributed by atoms with Gasteiger partial charge in [0.15, 0.2) is 5.96 Å². The fourth-order valence-corrected chi connectivity index (χ4v) is 1.13. The van der Waals surface area contributed by atoms with Crippen molar-refractivity contribution in [3.63, 3.8) is 0 Å². The normalized spacial score (nSPS) is 12.3. The van der Waals surface area contributed by atoms with Gasteiger partial charge in [0.05, 0.1) is 6.61 Å². The number of hydrogen-bond donors (Lipinski definition) is 2. The molecule has 0 saturated heterocycles. The summed E-state index contributed by atoms with van der Waals surface area (Å²) in [5.74, 6) is 1.55. The molecule has 0 radical (unpaired) electrons. The highest BCUT2D eigenvalue weighted by atomic mass is 16.5. The van der Waals surface area contributed by atoms with Gasteiger partial charge in [-0.05, 0) is 26.2 Å². The first kappa shape index (κ1) is 15.2. The highest BCUT2D eigenvalue weighted by Gasteiger charge is 1.99. The van der Waals surface area contributed by atoms with Gasteiger partial charge in [-0.15, -0.1) is 0 Å². The summed E-state index contributed by atoms with van der Waals surface area (Å²) in [6.45, 7) is 11.0. The molecule has 4 heteroatoms. The van der Waals surface area contributed by atoms with Crippen molar-refractivity contribution in [2.75, 3.05) is 26.8 Å². The molecular formula is C12H27N3O. The predicted octanol–water partition coefficient (Wildman–Crippen LogP) is 1.62. The van der Waals surface area contributed by atoms with Crippen LogP contribution < -0.4 is 10.6 Å². The van der Waals surface area contributed by atoms with Gasteiger partial charge in [0, 0.05) is 26.2 Å². The van der Waals surface area contributed by atoms with Gasteiger partial charge in [-0.25, -0.2) is 0 Å². The van der Waals surface area contributed by atoms with Crippen LogP contribution in [0.25, 0.3) is 0 Å².